The molecule has 1 fully saturated rings. The van der Waals surface area contributed by atoms with Gasteiger partial charge in [0.15, 0.2) is 0 Å². The Morgan fingerprint density at radius 2 is 2.00 bits per heavy atom. The van der Waals surface area contributed by atoms with Crippen LogP contribution in [0.3, 0.4) is 0 Å². The van der Waals surface area contributed by atoms with E-state index in [0.29, 0.717) is 12.5 Å². The number of pyridine rings is 1. The van der Waals surface area contributed by atoms with Gasteiger partial charge in [-0.3, -0.25) is 9.78 Å². The summed E-state index contributed by atoms with van der Waals surface area (Å²) < 4.78 is 0. The van der Waals surface area contributed by atoms with Crippen molar-refractivity contribution in [2.24, 2.45) is 0 Å². The summed E-state index contributed by atoms with van der Waals surface area (Å²) in [6, 6.07) is 14.1. The molecule has 2 aromatic rings. The van der Waals surface area contributed by atoms with Crippen LogP contribution in [0.15, 0.2) is 42.5 Å². The summed E-state index contributed by atoms with van der Waals surface area (Å²) in [5.74, 6) is 0.525. The highest BCUT2D eigenvalue weighted by atomic mass is 35.5. The predicted octanol–water partition coefficient (Wildman–Crippen LogP) is 3.59. The zero-order valence-electron chi connectivity index (χ0n) is 15.5. The molecule has 4 nitrogen and oxygen atoms in total. The number of carbonyl (C=O) groups is 1. The van der Waals surface area contributed by atoms with E-state index < -0.39 is 0 Å². The normalized spacial score (nSPS) is 17.5. The first-order chi connectivity index (χ1) is 12.5. The van der Waals surface area contributed by atoms with E-state index in [2.05, 4.69) is 18.2 Å². The van der Waals surface area contributed by atoms with Gasteiger partial charge in [-0.1, -0.05) is 29.8 Å². The number of aromatic nitrogens is 1. The van der Waals surface area contributed by atoms with E-state index in [4.69, 9.17) is 16.6 Å². The maximum Gasteiger partial charge on any atom is 0.236 e. The van der Waals surface area contributed by atoms with Crippen molar-refractivity contribution in [2.75, 3.05) is 33.7 Å². The van der Waals surface area contributed by atoms with Gasteiger partial charge in [0.25, 0.3) is 0 Å². The van der Waals surface area contributed by atoms with E-state index in [0.717, 1.165) is 48.8 Å². The van der Waals surface area contributed by atoms with Crippen LogP contribution in [0.2, 0.25) is 5.02 Å². The third-order valence-electron chi connectivity index (χ3n) is 4.77. The second-order valence-electron chi connectivity index (χ2n) is 7.27. The molecule has 5 heteroatoms. The number of hydrogen-bond donors (Lipinski definition) is 0. The predicted molar refractivity (Wildman–Crippen MR) is 106 cm³/mol. The molecular weight excluding hydrogens is 346 g/mol. The van der Waals surface area contributed by atoms with Gasteiger partial charge in [-0.2, -0.15) is 0 Å². The van der Waals surface area contributed by atoms with Crippen molar-refractivity contribution in [3.63, 3.8) is 0 Å². The SMILES string of the molecule is CN(C)CC(=O)N1CCC[C@@H](c2cccc(Cc3ccc(Cl)cc3)n2)C1. The summed E-state index contributed by atoms with van der Waals surface area (Å²) >= 11 is 5.96. The van der Waals surface area contributed by atoms with E-state index in [1.807, 2.05) is 48.2 Å². The van der Waals surface area contributed by atoms with Crippen molar-refractivity contribution in [2.45, 2.75) is 25.2 Å². The molecular formula is C21H26ClN3O. The Morgan fingerprint density at radius 1 is 1.23 bits per heavy atom. The van der Waals surface area contributed by atoms with Crippen LogP contribution in [0.4, 0.5) is 0 Å². The monoisotopic (exact) mass is 371 g/mol. The highest BCUT2D eigenvalue weighted by Crippen LogP contribution is 2.26. The number of piperidine rings is 1. The summed E-state index contributed by atoms with van der Waals surface area (Å²) in [5.41, 5.74) is 3.35. The van der Waals surface area contributed by atoms with E-state index in [-0.39, 0.29) is 5.91 Å². The Morgan fingerprint density at radius 3 is 2.73 bits per heavy atom. The standard InChI is InChI=1S/C21H26ClN3O/c1-24(2)15-21(26)25-12-4-5-17(14-25)20-7-3-6-19(23-20)13-16-8-10-18(22)11-9-16/h3,6-11,17H,4-5,12-15H2,1-2H3/t17-/m1/s1. The van der Waals surface area contributed by atoms with Crippen LogP contribution in [0.5, 0.6) is 0 Å². The molecule has 1 aromatic heterocycles. The average Bonchev–Trinajstić information content (AvgIpc) is 2.63. The van der Waals surface area contributed by atoms with Crippen molar-refractivity contribution in [3.8, 4) is 0 Å². The van der Waals surface area contributed by atoms with Crippen molar-refractivity contribution in [1.82, 2.24) is 14.8 Å². The fourth-order valence-corrected chi connectivity index (χ4v) is 3.58. The molecule has 3 rings (SSSR count). The van der Waals surface area contributed by atoms with Crippen LogP contribution in [0.25, 0.3) is 0 Å². The molecule has 0 N–H and O–H groups in total. The molecule has 1 saturated heterocycles. The molecule has 26 heavy (non-hydrogen) atoms. The lowest BCUT2D eigenvalue weighted by Gasteiger charge is -2.33. The molecule has 1 atom stereocenters. The van der Waals surface area contributed by atoms with E-state index in [9.17, 15) is 4.79 Å². The lowest BCUT2D eigenvalue weighted by molar-refractivity contribution is -0.133. The minimum atomic E-state index is 0.206. The number of amides is 1. The number of likely N-dealkylation sites (N-methyl/N-ethyl adjacent to an activating group) is 1. The molecule has 0 radical (unpaired) electrons. The Hall–Kier alpha value is -1.91. The number of hydrogen-bond acceptors (Lipinski definition) is 3. The number of nitrogens with zero attached hydrogens (tertiary/aromatic N) is 3. The number of halogens is 1. The van der Waals surface area contributed by atoms with Crippen molar-refractivity contribution in [3.05, 3.63) is 64.4 Å². The summed E-state index contributed by atoms with van der Waals surface area (Å²) in [6.07, 6.45) is 2.91. The van der Waals surface area contributed by atoms with Crippen molar-refractivity contribution >= 4 is 17.5 Å². The van der Waals surface area contributed by atoms with Gasteiger partial charge < -0.3 is 9.80 Å². The minimum absolute atomic E-state index is 0.206. The Balaban J connectivity index is 1.68. The molecule has 0 unspecified atom stereocenters. The number of likely N-dealkylation sites (tertiary alicyclic amines) is 1. The molecule has 1 amide bonds. The second-order valence-corrected chi connectivity index (χ2v) is 7.71. The second kappa shape index (κ2) is 8.65. The third kappa shape index (κ3) is 5.05. The number of carbonyl (C=O) groups excluding carboxylic acids is 1. The summed E-state index contributed by atoms with van der Waals surface area (Å²) in [7, 11) is 3.86. The first-order valence-electron chi connectivity index (χ1n) is 9.14. The molecule has 1 aliphatic heterocycles. The largest absolute Gasteiger partial charge is 0.341 e. The fraction of sp³-hybridized carbons (Fsp3) is 0.429. The zero-order chi connectivity index (χ0) is 18.5. The average molecular weight is 372 g/mol. The molecule has 0 bridgehead atoms. The zero-order valence-corrected chi connectivity index (χ0v) is 16.2. The van der Waals surface area contributed by atoms with Gasteiger partial charge in [-0.25, -0.2) is 0 Å². The maximum absolute atomic E-state index is 12.4. The molecule has 0 saturated carbocycles. The molecule has 0 aliphatic carbocycles. The van der Waals surface area contributed by atoms with Gasteiger partial charge in [0.2, 0.25) is 5.91 Å². The molecule has 1 aliphatic rings. The van der Waals surface area contributed by atoms with Gasteiger partial charge in [0.05, 0.1) is 6.54 Å². The third-order valence-corrected chi connectivity index (χ3v) is 5.02. The fourth-order valence-electron chi connectivity index (χ4n) is 3.45. The van der Waals surface area contributed by atoms with E-state index >= 15 is 0 Å². The summed E-state index contributed by atoms with van der Waals surface area (Å²) in [5, 5.41) is 0.750. The Labute approximate surface area is 160 Å². The first-order valence-corrected chi connectivity index (χ1v) is 9.52. The molecule has 138 valence electrons. The van der Waals surface area contributed by atoms with E-state index in [1.165, 1.54) is 5.56 Å². The number of rotatable bonds is 5. The highest BCUT2D eigenvalue weighted by Gasteiger charge is 2.25. The molecule has 1 aromatic carbocycles. The van der Waals surface area contributed by atoms with Crippen LogP contribution >= 0.6 is 11.6 Å². The minimum Gasteiger partial charge on any atom is -0.341 e. The van der Waals surface area contributed by atoms with Crippen LogP contribution in [0.1, 0.15) is 35.7 Å². The van der Waals surface area contributed by atoms with Crippen molar-refractivity contribution in [1.29, 1.82) is 0 Å². The molecule has 2 heterocycles. The van der Waals surface area contributed by atoms with Gasteiger partial charge >= 0.3 is 0 Å². The number of benzene rings is 1. The summed E-state index contributed by atoms with van der Waals surface area (Å²) in [6.45, 7) is 2.09. The van der Waals surface area contributed by atoms with E-state index in [1.54, 1.807) is 0 Å². The van der Waals surface area contributed by atoms with Gasteiger partial charge in [-0.15, -0.1) is 0 Å². The van der Waals surface area contributed by atoms with Crippen LogP contribution < -0.4 is 0 Å². The maximum atomic E-state index is 12.4. The van der Waals surface area contributed by atoms with Gasteiger partial charge in [0, 0.05) is 41.8 Å². The highest BCUT2D eigenvalue weighted by molar-refractivity contribution is 6.30. The topological polar surface area (TPSA) is 36.4 Å². The summed E-state index contributed by atoms with van der Waals surface area (Å²) in [4.78, 5) is 21.2. The van der Waals surface area contributed by atoms with Gasteiger partial charge in [-0.05, 0) is 56.8 Å². The van der Waals surface area contributed by atoms with Crippen molar-refractivity contribution < 1.29 is 4.79 Å². The Kier molecular flexibility index (Phi) is 6.28. The lowest BCUT2D eigenvalue weighted by Crippen LogP contribution is -2.43. The van der Waals surface area contributed by atoms with Crippen LogP contribution in [-0.2, 0) is 11.2 Å². The van der Waals surface area contributed by atoms with Crippen LogP contribution in [0, 0.1) is 0 Å². The smallest absolute Gasteiger partial charge is 0.236 e. The first kappa shape index (κ1) is 18.9. The Bertz CT molecular complexity index is 745. The quantitative estimate of drug-likeness (QED) is 0.805. The molecule has 0 spiro atoms. The van der Waals surface area contributed by atoms with Crippen LogP contribution in [-0.4, -0.2) is 54.4 Å². The lowest BCUT2D eigenvalue weighted by atomic mass is 9.93. The van der Waals surface area contributed by atoms with Gasteiger partial charge in [0.1, 0.15) is 0 Å².